The van der Waals surface area contributed by atoms with Gasteiger partial charge in [0.05, 0.1) is 0 Å². The molecule has 0 unspecified atom stereocenters. The molecule has 1 aliphatic carbocycles. The van der Waals surface area contributed by atoms with Crippen LogP contribution in [0.2, 0.25) is 0 Å². The van der Waals surface area contributed by atoms with E-state index in [1.165, 1.54) is 6.07 Å². The normalized spacial score (nSPS) is 14.5. The third kappa shape index (κ3) is 2.15. The number of carboxylic acids is 1. The van der Waals surface area contributed by atoms with E-state index >= 15 is 0 Å². The number of hydrogen-bond acceptors (Lipinski definition) is 2. The zero-order valence-corrected chi connectivity index (χ0v) is 11.9. The molecule has 0 saturated carbocycles. The molecule has 3 rings (SSSR count). The molecule has 0 spiro atoms. The molecular formula is C17H14FNO3. The number of nitrogens with one attached hydrogen (secondary N) is 1. The van der Waals surface area contributed by atoms with Crippen molar-refractivity contribution in [1.29, 1.82) is 0 Å². The molecule has 0 saturated heterocycles. The number of fused-ring (bicyclic) bond motifs is 1. The molecule has 2 N–H and O–H groups in total. The average molecular weight is 299 g/mol. The van der Waals surface area contributed by atoms with Gasteiger partial charge in [0.2, 0.25) is 0 Å². The highest BCUT2D eigenvalue weighted by Gasteiger charge is 2.25. The van der Waals surface area contributed by atoms with Crippen LogP contribution < -0.4 is 0 Å². The van der Waals surface area contributed by atoms with E-state index in [1.54, 1.807) is 24.3 Å². The predicted octanol–water partition coefficient (Wildman–Crippen LogP) is 3.48. The van der Waals surface area contributed by atoms with Crippen LogP contribution >= 0.6 is 0 Å². The predicted molar refractivity (Wildman–Crippen MR) is 81.3 cm³/mol. The van der Waals surface area contributed by atoms with E-state index in [-0.39, 0.29) is 23.7 Å². The number of aromatic amines is 1. The molecule has 0 aliphatic heterocycles. The molecule has 22 heavy (non-hydrogen) atoms. The van der Waals surface area contributed by atoms with Gasteiger partial charge in [0, 0.05) is 28.5 Å². The number of aryl methyl sites for hydroxylation is 1. The maximum absolute atomic E-state index is 13.9. The van der Waals surface area contributed by atoms with Gasteiger partial charge in [-0.05, 0) is 24.1 Å². The van der Waals surface area contributed by atoms with Crippen molar-refractivity contribution in [1.82, 2.24) is 4.98 Å². The molecule has 0 fully saturated rings. The number of halogens is 1. The summed E-state index contributed by atoms with van der Waals surface area (Å²) in [6.07, 6.45) is 5.78. The maximum Gasteiger partial charge on any atom is 0.352 e. The summed E-state index contributed by atoms with van der Waals surface area (Å²) >= 11 is 0. The van der Waals surface area contributed by atoms with Crippen LogP contribution in [0.1, 0.15) is 35.0 Å². The van der Waals surface area contributed by atoms with Gasteiger partial charge in [-0.1, -0.05) is 25.2 Å². The van der Waals surface area contributed by atoms with Gasteiger partial charge in [0.25, 0.3) is 0 Å². The molecule has 1 aromatic heterocycles. The molecule has 2 aromatic rings. The second-order valence-corrected chi connectivity index (χ2v) is 5.16. The lowest BCUT2D eigenvalue weighted by Gasteiger charge is -2.09. The molecule has 0 amide bonds. The van der Waals surface area contributed by atoms with E-state index in [2.05, 4.69) is 4.98 Å². The summed E-state index contributed by atoms with van der Waals surface area (Å²) in [4.78, 5) is 26.3. The lowest BCUT2D eigenvalue weighted by Crippen LogP contribution is -2.08. The number of aromatic nitrogens is 1. The van der Waals surface area contributed by atoms with Gasteiger partial charge < -0.3 is 10.1 Å². The molecular weight excluding hydrogens is 285 g/mol. The van der Waals surface area contributed by atoms with E-state index in [4.69, 9.17) is 0 Å². The first-order chi connectivity index (χ1) is 10.5. The van der Waals surface area contributed by atoms with Crippen molar-refractivity contribution in [2.75, 3.05) is 0 Å². The molecule has 0 bridgehead atoms. The van der Waals surface area contributed by atoms with Crippen LogP contribution in [0, 0.1) is 5.82 Å². The highest BCUT2D eigenvalue weighted by Crippen LogP contribution is 2.33. The van der Waals surface area contributed by atoms with Gasteiger partial charge in [-0.3, -0.25) is 4.79 Å². The Morgan fingerprint density at radius 2 is 2.18 bits per heavy atom. The first-order valence-corrected chi connectivity index (χ1v) is 7.00. The minimum Gasteiger partial charge on any atom is -0.477 e. The molecule has 112 valence electrons. The van der Waals surface area contributed by atoms with Crippen molar-refractivity contribution < 1.29 is 19.1 Å². The highest BCUT2D eigenvalue weighted by molar-refractivity contribution is 6.27. The second kappa shape index (κ2) is 5.26. The summed E-state index contributed by atoms with van der Waals surface area (Å²) in [6, 6.07) is 2.91. The first-order valence-electron chi connectivity index (χ1n) is 7.00. The fourth-order valence-corrected chi connectivity index (χ4v) is 2.74. The number of carbonyl (C=O) groups is 2. The SMILES string of the molecule is CCc1cc2c(C3=CC=CCC3=O)c(C(=O)O)[nH]c2cc1F. The summed E-state index contributed by atoms with van der Waals surface area (Å²) in [5.41, 5.74) is 1.47. The van der Waals surface area contributed by atoms with Crippen molar-refractivity contribution in [2.24, 2.45) is 0 Å². The van der Waals surface area contributed by atoms with Crippen molar-refractivity contribution in [3.8, 4) is 0 Å². The Hall–Kier alpha value is -2.69. The summed E-state index contributed by atoms with van der Waals surface area (Å²) in [6.45, 7) is 1.82. The van der Waals surface area contributed by atoms with Gasteiger partial charge in [-0.15, -0.1) is 0 Å². The fourth-order valence-electron chi connectivity index (χ4n) is 2.74. The van der Waals surface area contributed by atoms with Crippen molar-refractivity contribution in [3.05, 3.63) is 53.0 Å². The van der Waals surface area contributed by atoms with Crippen molar-refractivity contribution in [3.63, 3.8) is 0 Å². The van der Waals surface area contributed by atoms with Crippen LogP contribution in [0.5, 0.6) is 0 Å². The molecule has 1 aliphatic rings. The Balaban J connectivity index is 2.37. The van der Waals surface area contributed by atoms with E-state index < -0.39 is 5.97 Å². The van der Waals surface area contributed by atoms with E-state index in [1.807, 2.05) is 6.92 Å². The maximum atomic E-state index is 13.9. The number of Topliss-reactive ketones (excluding diaryl/α,β-unsaturated/α-hetero) is 1. The monoisotopic (exact) mass is 299 g/mol. The van der Waals surface area contributed by atoms with Crippen LogP contribution in [-0.2, 0) is 11.2 Å². The van der Waals surface area contributed by atoms with Crippen LogP contribution in [0.4, 0.5) is 4.39 Å². The summed E-state index contributed by atoms with van der Waals surface area (Å²) in [5.74, 6) is -1.70. The Morgan fingerprint density at radius 1 is 1.41 bits per heavy atom. The third-order valence-electron chi connectivity index (χ3n) is 3.83. The molecule has 1 aromatic carbocycles. The molecule has 5 heteroatoms. The van der Waals surface area contributed by atoms with E-state index in [0.717, 1.165) is 0 Å². The average Bonchev–Trinajstić information content (AvgIpc) is 2.85. The zero-order chi connectivity index (χ0) is 15.9. The molecule has 1 heterocycles. The highest BCUT2D eigenvalue weighted by atomic mass is 19.1. The summed E-state index contributed by atoms with van der Waals surface area (Å²) in [5, 5.41) is 9.96. The Morgan fingerprint density at radius 3 is 2.82 bits per heavy atom. The zero-order valence-electron chi connectivity index (χ0n) is 11.9. The Kier molecular flexibility index (Phi) is 3.41. The van der Waals surface area contributed by atoms with Gasteiger partial charge >= 0.3 is 5.97 Å². The lowest BCUT2D eigenvalue weighted by molar-refractivity contribution is -0.113. The van der Waals surface area contributed by atoms with Gasteiger partial charge in [0.15, 0.2) is 5.78 Å². The molecule has 4 nitrogen and oxygen atoms in total. The first kappa shape index (κ1) is 14.3. The van der Waals surface area contributed by atoms with Crippen molar-refractivity contribution in [2.45, 2.75) is 19.8 Å². The lowest BCUT2D eigenvalue weighted by atomic mass is 9.93. The van der Waals surface area contributed by atoms with Gasteiger partial charge in [0.1, 0.15) is 11.5 Å². The number of ketones is 1. The fraction of sp³-hybridized carbons (Fsp3) is 0.176. The number of carboxylic acid groups (broad SMARTS) is 1. The van der Waals surface area contributed by atoms with Crippen LogP contribution in [0.3, 0.4) is 0 Å². The van der Waals surface area contributed by atoms with Crippen LogP contribution in [-0.4, -0.2) is 21.8 Å². The number of carbonyl (C=O) groups excluding carboxylic acids is 1. The Bertz CT molecular complexity index is 858. The summed E-state index contributed by atoms with van der Waals surface area (Å²) in [7, 11) is 0. The third-order valence-corrected chi connectivity index (χ3v) is 3.83. The second-order valence-electron chi connectivity index (χ2n) is 5.16. The molecule has 0 atom stereocenters. The topological polar surface area (TPSA) is 70.2 Å². The Labute approximate surface area is 126 Å². The smallest absolute Gasteiger partial charge is 0.352 e. The van der Waals surface area contributed by atoms with Gasteiger partial charge in [-0.2, -0.15) is 0 Å². The number of aromatic carboxylic acids is 1. The number of rotatable bonds is 3. The van der Waals surface area contributed by atoms with Crippen LogP contribution in [0.25, 0.3) is 16.5 Å². The number of benzene rings is 1. The quantitative estimate of drug-likeness (QED) is 0.911. The number of H-pyrrole nitrogens is 1. The standard InChI is InChI=1S/C17H14FNO3/c1-2-9-7-11-13(8-12(9)18)19-16(17(21)22)15(11)10-5-3-4-6-14(10)20/h3-5,7-8,19H,2,6H2,1H3,(H,21,22). The summed E-state index contributed by atoms with van der Waals surface area (Å²) < 4.78 is 13.9. The van der Waals surface area contributed by atoms with E-state index in [0.29, 0.717) is 34.0 Å². The minimum atomic E-state index is -1.17. The molecule has 0 radical (unpaired) electrons. The van der Waals surface area contributed by atoms with Crippen molar-refractivity contribution >= 4 is 28.2 Å². The van der Waals surface area contributed by atoms with Crippen LogP contribution in [0.15, 0.2) is 30.4 Å². The van der Waals surface area contributed by atoms with E-state index in [9.17, 15) is 19.1 Å². The minimum absolute atomic E-state index is 0.0856. The van der Waals surface area contributed by atoms with Gasteiger partial charge in [-0.25, -0.2) is 9.18 Å². The number of hydrogen-bond donors (Lipinski definition) is 2. The largest absolute Gasteiger partial charge is 0.477 e. The number of allylic oxidation sites excluding steroid dienone is 4.